The van der Waals surface area contributed by atoms with Crippen LogP contribution in [0.4, 0.5) is 4.79 Å². The zero-order chi connectivity index (χ0) is 22.9. The molecule has 2 heterocycles. The number of fused-ring (bicyclic) bond motifs is 1. The van der Waals surface area contributed by atoms with Crippen LogP contribution in [0.25, 0.3) is 11.0 Å². The number of carbonyl (C=O) groups excluding carboxylic acids is 1. The Morgan fingerprint density at radius 3 is 2.69 bits per heavy atom. The van der Waals surface area contributed by atoms with Crippen LogP contribution in [0, 0.1) is 0 Å². The topological polar surface area (TPSA) is 56.6 Å². The third-order valence-electron chi connectivity index (χ3n) is 5.35. The molecule has 2 aromatic carbocycles. The van der Waals surface area contributed by atoms with Crippen LogP contribution in [0.5, 0.6) is 6.01 Å². The maximum atomic E-state index is 12.6. The van der Waals surface area contributed by atoms with Crippen LogP contribution in [0.15, 0.2) is 42.5 Å². The molecular weight excluding hydrogens is 449 g/mol. The molecule has 1 aliphatic rings. The fourth-order valence-electron chi connectivity index (χ4n) is 3.88. The predicted octanol–water partition coefficient (Wildman–Crippen LogP) is 6.17. The van der Waals surface area contributed by atoms with E-state index in [2.05, 4.69) is 4.98 Å². The lowest BCUT2D eigenvalue weighted by Gasteiger charge is -2.28. The molecule has 0 unspecified atom stereocenters. The summed E-state index contributed by atoms with van der Waals surface area (Å²) in [6.45, 7) is 7.17. The summed E-state index contributed by atoms with van der Waals surface area (Å²) in [5.41, 5.74) is 2.27. The third-order valence-corrected chi connectivity index (χ3v) is 6.09. The van der Waals surface area contributed by atoms with Gasteiger partial charge in [-0.1, -0.05) is 41.4 Å². The molecule has 1 aliphatic heterocycles. The molecule has 3 aromatic rings. The summed E-state index contributed by atoms with van der Waals surface area (Å²) in [5.74, 6) is 0. The molecule has 1 atom stereocenters. The fraction of sp³-hybridized carbons (Fsp3) is 0.417. The molecule has 0 radical (unpaired) electrons. The molecule has 0 aliphatic carbocycles. The van der Waals surface area contributed by atoms with Crippen LogP contribution in [0.3, 0.4) is 0 Å². The zero-order valence-corrected chi connectivity index (χ0v) is 20.0. The van der Waals surface area contributed by atoms with Gasteiger partial charge in [0, 0.05) is 6.54 Å². The molecule has 0 N–H and O–H groups in total. The fourth-order valence-corrected chi connectivity index (χ4v) is 4.20. The summed E-state index contributed by atoms with van der Waals surface area (Å²) in [6.07, 6.45) is 1.49. The molecule has 6 nitrogen and oxygen atoms in total. The van der Waals surface area contributed by atoms with Crippen molar-refractivity contribution in [1.82, 2.24) is 14.5 Å². The minimum absolute atomic E-state index is 0.0527. The lowest BCUT2D eigenvalue weighted by molar-refractivity contribution is 0.0183. The second-order valence-corrected chi connectivity index (χ2v) is 9.81. The minimum Gasteiger partial charge on any atom is -0.462 e. The number of imidazole rings is 1. The average Bonchev–Trinajstić information content (AvgIpc) is 3.33. The maximum absolute atomic E-state index is 12.6. The Morgan fingerprint density at radius 2 is 1.94 bits per heavy atom. The highest BCUT2D eigenvalue weighted by Crippen LogP contribution is 2.28. The van der Waals surface area contributed by atoms with E-state index in [0.717, 1.165) is 29.4 Å². The summed E-state index contributed by atoms with van der Waals surface area (Å²) in [4.78, 5) is 19.0. The number of aromatic nitrogens is 2. The highest BCUT2D eigenvalue weighted by atomic mass is 35.5. The van der Waals surface area contributed by atoms with Gasteiger partial charge in [0.05, 0.1) is 33.7 Å². The number of amides is 1. The first-order valence-electron chi connectivity index (χ1n) is 10.7. The van der Waals surface area contributed by atoms with Gasteiger partial charge < -0.3 is 14.4 Å². The standard InChI is InChI=1S/C24H27Cl2N3O3/c1-24(2,3)32-23(30)28-12-6-7-17(28)15-31-22-27-20-8-4-5-9-21(20)29(22)14-16-10-11-18(25)19(26)13-16/h4-5,8-11,13,17H,6-7,12,14-15H2,1-3H3/t17-/m1/s1. The minimum atomic E-state index is -0.529. The number of carbonyl (C=O) groups is 1. The number of rotatable bonds is 5. The van der Waals surface area contributed by atoms with Crippen LogP contribution in [0.2, 0.25) is 10.0 Å². The highest BCUT2D eigenvalue weighted by molar-refractivity contribution is 6.42. The number of likely N-dealkylation sites (tertiary alicyclic amines) is 1. The van der Waals surface area contributed by atoms with E-state index in [-0.39, 0.29) is 12.1 Å². The first-order valence-corrected chi connectivity index (χ1v) is 11.5. The van der Waals surface area contributed by atoms with Crippen molar-refractivity contribution in [3.8, 4) is 6.01 Å². The van der Waals surface area contributed by atoms with Crippen LogP contribution >= 0.6 is 23.2 Å². The highest BCUT2D eigenvalue weighted by Gasteiger charge is 2.33. The van der Waals surface area contributed by atoms with Crippen LogP contribution in [-0.4, -0.2) is 45.3 Å². The van der Waals surface area contributed by atoms with Crippen molar-refractivity contribution in [2.75, 3.05) is 13.2 Å². The van der Waals surface area contributed by atoms with Crippen molar-refractivity contribution in [1.29, 1.82) is 0 Å². The van der Waals surface area contributed by atoms with Crippen LogP contribution in [0.1, 0.15) is 39.2 Å². The lowest BCUT2D eigenvalue weighted by atomic mass is 10.2. The molecule has 170 valence electrons. The van der Waals surface area contributed by atoms with Gasteiger partial charge in [-0.3, -0.25) is 4.57 Å². The van der Waals surface area contributed by atoms with Crippen molar-refractivity contribution < 1.29 is 14.3 Å². The Bertz CT molecular complexity index is 1120. The second kappa shape index (κ2) is 9.20. The molecule has 4 rings (SSSR count). The largest absolute Gasteiger partial charge is 0.462 e. The summed E-state index contributed by atoms with van der Waals surface area (Å²) < 4.78 is 13.8. The Kier molecular flexibility index (Phi) is 6.54. The van der Waals surface area contributed by atoms with Crippen molar-refractivity contribution in [3.63, 3.8) is 0 Å². The van der Waals surface area contributed by atoms with Gasteiger partial charge >= 0.3 is 6.09 Å². The van der Waals surface area contributed by atoms with Gasteiger partial charge in [-0.05, 0) is 63.4 Å². The first-order chi connectivity index (χ1) is 15.2. The van der Waals surface area contributed by atoms with Gasteiger partial charge in [0.25, 0.3) is 6.01 Å². The van der Waals surface area contributed by atoms with E-state index >= 15 is 0 Å². The molecule has 1 fully saturated rings. The van der Waals surface area contributed by atoms with Crippen molar-refractivity contribution >= 4 is 40.3 Å². The molecule has 0 bridgehead atoms. The molecule has 1 saturated heterocycles. The Morgan fingerprint density at radius 1 is 1.16 bits per heavy atom. The molecule has 0 saturated carbocycles. The summed E-state index contributed by atoms with van der Waals surface area (Å²) in [6, 6.07) is 13.9. The van der Waals surface area contributed by atoms with Gasteiger partial charge in [0.15, 0.2) is 0 Å². The van der Waals surface area contributed by atoms with E-state index in [4.69, 9.17) is 32.7 Å². The van der Waals surface area contributed by atoms with Gasteiger partial charge in [-0.2, -0.15) is 4.98 Å². The third kappa shape index (κ3) is 5.13. The normalized spacial score (nSPS) is 16.5. The van der Waals surface area contributed by atoms with E-state index in [0.29, 0.717) is 35.8 Å². The number of benzene rings is 2. The molecule has 0 spiro atoms. The monoisotopic (exact) mass is 475 g/mol. The first kappa shape index (κ1) is 22.7. The number of nitrogens with zero attached hydrogens (tertiary/aromatic N) is 3. The van der Waals surface area contributed by atoms with Gasteiger partial charge in [-0.25, -0.2) is 4.79 Å². The van der Waals surface area contributed by atoms with E-state index in [1.807, 2.05) is 61.7 Å². The number of ether oxygens (including phenoxy) is 2. The van der Waals surface area contributed by atoms with Gasteiger partial charge in [0.2, 0.25) is 0 Å². The van der Waals surface area contributed by atoms with Crippen LogP contribution < -0.4 is 4.74 Å². The molecule has 8 heteroatoms. The molecule has 1 aromatic heterocycles. The number of hydrogen-bond donors (Lipinski definition) is 0. The zero-order valence-electron chi connectivity index (χ0n) is 18.5. The molecule has 32 heavy (non-hydrogen) atoms. The van der Waals surface area contributed by atoms with E-state index in [9.17, 15) is 4.79 Å². The number of para-hydroxylation sites is 2. The lowest BCUT2D eigenvalue weighted by Crippen LogP contribution is -2.42. The smallest absolute Gasteiger partial charge is 0.410 e. The SMILES string of the molecule is CC(C)(C)OC(=O)N1CCC[C@@H]1COc1nc2ccccc2n1Cc1ccc(Cl)c(Cl)c1. The van der Waals surface area contributed by atoms with Gasteiger partial charge in [0.1, 0.15) is 12.2 Å². The quantitative estimate of drug-likeness (QED) is 0.442. The number of halogens is 2. The van der Waals surface area contributed by atoms with Crippen molar-refractivity contribution in [2.24, 2.45) is 0 Å². The van der Waals surface area contributed by atoms with E-state index in [1.54, 1.807) is 11.0 Å². The molecular formula is C24H27Cl2N3O3. The summed E-state index contributed by atoms with van der Waals surface area (Å²) in [5, 5.41) is 1.03. The summed E-state index contributed by atoms with van der Waals surface area (Å²) in [7, 11) is 0. The number of hydrogen-bond acceptors (Lipinski definition) is 4. The second-order valence-electron chi connectivity index (χ2n) is 9.00. The predicted molar refractivity (Wildman–Crippen MR) is 127 cm³/mol. The Balaban J connectivity index is 1.54. The van der Waals surface area contributed by atoms with Crippen molar-refractivity contribution in [3.05, 3.63) is 58.1 Å². The maximum Gasteiger partial charge on any atom is 0.410 e. The average molecular weight is 476 g/mol. The van der Waals surface area contributed by atoms with Gasteiger partial charge in [-0.15, -0.1) is 0 Å². The Hall–Kier alpha value is -2.44. The molecule has 1 amide bonds. The van der Waals surface area contributed by atoms with Crippen molar-refractivity contribution in [2.45, 2.75) is 51.8 Å². The van der Waals surface area contributed by atoms with Crippen LogP contribution in [-0.2, 0) is 11.3 Å². The van der Waals surface area contributed by atoms with E-state index in [1.165, 1.54) is 0 Å². The van der Waals surface area contributed by atoms with E-state index < -0.39 is 5.60 Å². The summed E-state index contributed by atoms with van der Waals surface area (Å²) >= 11 is 12.3. The Labute approximate surface area is 198 Å².